The number of hydrogen-bond donors (Lipinski definition) is 1. The molecule has 0 spiro atoms. The quantitative estimate of drug-likeness (QED) is 0.550. The van der Waals surface area contributed by atoms with E-state index in [0.717, 1.165) is 5.56 Å². The minimum atomic E-state index is -1.99. The van der Waals surface area contributed by atoms with Crippen molar-refractivity contribution in [3.63, 3.8) is 0 Å². The van der Waals surface area contributed by atoms with Gasteiger partial charge in [0.2, 0.25) is 11.5 Å². The predicted octanol–water partition coefficient (Wildman–Crippen LogP) is 4.08. The Morgan fingerprint density at radius 1 is 0.793 bits per heavy atom. The van der Waals surface area contributed by atoms with E-state index in [0.29, 0.717) is 22.5 Å². The number of hydrogen-bond acceptors (Lipinski definition) is 4. The van der Waals surface area contributed by atoms with Crippen LogP contribution in [0.2, 0.25) is 0 Å². The van der Waals surface area contributed by atoms with E-state index >= 15 is 0 Å². The SMILES string of the molecule is O=C(C1=C2C=Cc3ccccc3N2C(O)(c2ccccc2)C1=O)c1ccccc1. The Labute approximate surface area is 168 Å². The largest absolute Gasteiger partial charge is 0.360 e. The Morgan fingerprint density at radius 2 is 1.41 bits per heavy atom. The predicted molar refractivity (Wildman–Crippen MR) is 111 cm³/mol. The Morgan fingerprint density at radius 3 is 2.14 bits per heavy atom. The lowest BCUT2D eigenvalue weighted by atomic mass is 9.92. The fraction of sp³-hybridized carbons (Fsp3) is 0.0400. The molecule has 4 heteroatoms. The summed E-state index contributed by atoms with van der Waals surface area (Å²) in [6.07, 6.45) is 3.60. The van der Waals surface area contributed by atoms with Gasteiger partial charge in [-0.1, -0.05) is 84.9 Å². The van der Waals surface area contributed by atoms with Crippen LogP contribution in [0.1, 0.15) is 21.5 Å². The van der Waals surface area contributed by atoms with Crippen LogP contribution >= 0.6 is 0 Å². The summed E-state index contributed by atoms with van der Waals surface area (Å²) in [5.41, 5.74) is 0.794. The number of Topliss-reactive ketones (excluding diaryl/α,β-unsaturated/α-hetero) is 2. The first-order valence-corrected chi connectivity index (χ1v) is 9.36. The number of para-hydroxylation sites is 1. The van der Waals surface area contributed by atoms with Crippen molar-refractivity contribution in [3.8, 4) is 0 Å². The topological polar surface area (TPSA) is 57.6 Å². The zero-order valence-corrected chi connectivity index (χ0v) is 15.4. The molecule has 0 aliphatic carbocycles. The van der Waals surface area contributed by atoms with Crippen molar-refractivity contribution < 1.29 is 14.7 Å². The summed E-state index contributed by atoms with van der Waals surface area (Å²) in [6.45, 7) is 0. The molecular formula is C25H17NO3. The van der Waals surface area contributed by atoms with Crippen LogP contribution < -0.4 is 4.90 Å². The van der Waals surface area contributed by atoms with Gasteiger partial charge in [0.05, 0.1) is 17.0 Å². The molecule has 0 amide bonds. The lowest BCUT2D eigenvalue weighted by molar-refractivity contribution is -0.131. The van der Waals surface area contributed by atoms with Gasteiger partial charge in [-0.15, -0.1) is 0 Å². The van der Waals surface area contributed by atoms with Crippen molar-refractivity contribution in [3.05, 3.63) is 119 Å². The third-order valence-corrected chi connectivity index (χ3v) is 5.40. The molecule has 0 radical (unpaired) electrons. The van der Waals surface area contributed by atoms with Crippen molar-refractivity contribution in [2.45, 2.75) is 5.72 Å². The average Bonchev–Trinajstić information content (AvgIpc) is 3.02. The van der Waals surface area contributed by atoms with E-state index in [2.05, 4.69) is 0 Å². The number of carbonyl (C=O) groups is 2. The van der Waals surface area contributed by atoms with E-state index in [1.165, 1.54) is 0 Å². The van der Waals surface area contributed by atoms with Gasteiger partial charge in [0, 0.05) is 11.1 Å². The summed E-state index contributed by atoms with van der Waals surface area (Å²) in [7, 11) is 0. The molecule has 140 valence electrons. The number of rotatable bonds is 3. The van der Waals surface area contributed by atoms with Gasteiger partial charge in [-0.3, -0.25) is 9.59 Å². The summed E-state index contributed by atoms with van der Waals surface area (Å²) in [4.78, 5) is 28.5. The maximum atomic E-state index is 13.6. The van der Waals surface area contributed by atoms with Crippen LogP contribution in [0.4, 0.5) is 5.69 Å². The van der Waals surface area contributed by atoms with Crippen LogP contribution in [0.25, 0.3) is 6.08 Å². The van der Waals surface area contributed by atoms with Crippen molar-refractivity contribution in [1.29, 1.82) is 0 Å². The summed E-state index contributed by atoms with van der Waals surface area (Å²) in [5, 5.41) is 11.8. The minimum Gasteiger partial charge on any atom is -0.360 e. The second kappa shape index (κ2) is 6.40. The van der Waals surface area contributed by atoms with Gasteiger partial charge in [-0.25, -0.2) is 0 Å². The zero-order valence-electron chi connectivity index (χ0n) is 15.4. The van der Waals surface area contributed by atoms with Gasteiger partial charge in [0.1, 0.15) is 0 Å². The Hall–Kier alpha value is -3.76. The van der Waals surface area contributed by atoms with Gasteiger partial charge >= 0.3 is 0 Å². The maximum absolute atomic E-state index is 13.6. The van der Waals surface area contributed by atoms with Crippen LogP contribution in [0.3, 0.4) is 0 Å². The number of allylic oxidation sites excluding steroid dienone is 1. The highest BCUT2D eigenvalue weighted by atomic mass is 16.3. The highest BCUT2D eigenvalue weighted by molar-refractivity contribution is 6.32. The second-order valence-electron chi connectivity index (χ2n) is 7.05. The smallest absolute Gasteiger partial charge is 0.234 e. The summed E-state index contributed by atoms with van der Waals surface area (Å²) in [5.74, 6) is -1.01. The van der Waals surface area contributed by atoms with Crippen LogP contribution in [-0.2, 0) is 10.5 Å². The molecule has 0 saturated carbocycles. The Bertz CT molecular complexity index is 1200. The molecule has 2 aliphatic heterocycles. The van der Waals surface area contributed by atoms with E-state index in [1.807, 2.05) is 42.5 Å². The number of anilines is 1. The molecular weight excluding hydrogens is 362 g/mol. The fourth-order valence-corrected chi connectivity index (χ4v) is 4.03. The van der Waals surface area contributed by atoms with Gasteiger partial charge in [0.25, 0.3) is 0 Å². The summed E-state index contributed by atoms with van der Waals surface area (Å²) >= 11 is 0. The number of benzene rings is 3. The first-order chi connectivity index (χ1) is 14.1. The monoisotopic (exact) mass is 379 g/mol. The van der Waals surface area contributed by atoms with Crippen molar-refractivity contribution in [2.75, 3.05) is 4.90 Å². The van der Waals surface area contributed by atoms with Crippen LogP contribution in [0, 0.1) is 0 Å². The molecule has 5 rings (SSSR count). The van der Waals surface area contributed by atoms with Crippen molar-refractivity contribution in [2.24, 2.45) is 0 Å². The molecule has 1 N–H and O–H groups in total. The lowest BCUT2D eigenvalue weighted by Gasteiger charge is -2.37. The van der Waals surface area contributed by atoms with Gasteiger partial charge in [0.15, 0.2) is 5.78 Å². The fourth-order valence-electron chi connectivity index (χ4n) is 4.03. The highest BCUT2D eigenvalue weighted by Gasteiger charge is 2.55. The molecule has 1 unspecified atom stereocenters. The molecule has 0 aromatic heterocycles. The van der Waals surface area contributed by atoms with Gasteiger partial charge in [-0.05, 0) is 17.7 Å². The molecule has 4 nitrogen and oxygen atoms in total. The number of carbonyl (C=O) groups excluding carboxylic acids is 2. The number of fused-ring (bicyclic) bond motifs is 3. The minimum absolute atomic E-state index is 0.00620. The maximum Gasteiger partial charge on any atom is 0.234 e. The number of nitrogens with zero attached hydrogens (tertiary/aromatic N) is 1. The van der Waals surface area contributed by atoms with Gasteiger partial charge < -0.3 is 10.0 Å². The summed E-state index contributed by atoms with van der Waals surface area (Å²) < 4.78 is 0. The van der Waals surface area contributed by atoms with Crippen LogP contribution in [-0.4, -0.2) is 16.7 Å². The van der Waals surface area contributed by atoms with Crippen molar-refractivity contribution in [1.82, 2.24) is 0 Å². The molecule has 1 atom stereocenters. The molecule has 3 aromatic rings. The molecule has 0 saturated heterocycles. The average molecular weight is 379 g/mol. The number of aliphatic hydroxyl groups is 1. The lowest BCUT2D eigenvalue weighted by Crippen LogP contribution is -2.48. The van der Waals surface area contributed by atoms with Crippen LogP contribution in [0.5, 0.6) is 0 Å². The molecule has 0 fully saturated rings. The molecule has 2 aliphatic rings. The summed E-state index contributed by atoms with van der Waals surface area (Å²) in [6, 6.07) is 24.9. The normalized spacial score (nSPS) is 19.9. The van der Waals surface area contributed by atoms with Crippen LogP contribution in [0.15, 0.2) is 102 Å². The molecule has 3 aromatic carbocycles. The first kappa shape index (κ1) is 17.3. The highest BCUT2D eigenvalue weighted by Crippen LogP contribution is 2.47. The second-order valence-corrected chi connectivity index (χ2v) is 7.05. The molecule has 29 heavy (non-hydrogen) atoms. The van der Waals surface area contributed by atoms with E-state index in [9.17, 15) is 14.7 Å². The zero-order chi connectivity index (χ0) is 20.0. The standard InChI is InChI=1S/C25H17NO3/c27-23(18-10-3-1-4-11-18)22-21-16-15-17-9-7-8-14-20(17)26(21)25(29,24(22)28)19-12-5-2-6-13-19/h1-16,29H. The van der Waals surface area contributed by atoms with Gasteiger partial charge in [-0.2, -0.15) is 0 Å². The van der Waals surface area contributed by atoms with E-state index in [4.69, 9.17) is 0 Å². The van der Waals surface area contributed by atoms with E-state index in [-0.39, 0.29) is 5.57 Å². The van der Waals surface area contributed by atoms with E-state index < -0.39 is 17.3 Å². The molecule has 0 bridgehead atoms. The third kappa shape index (κ3) is 2.43. The van der Waals surface area contributed by atoms with E-state index in [1.54, 1.807) is 59.5 Å². The Balaban J connectivity index is 1.77. The first-order valence-electron chi connectivity index (χ1n) is 9.36. The number of ketones is 2. The third-order valence-electron chi connectivity index (χ3n) is 5.40. The Kier molecular flexibility index (Phi) is 3.83. The molecule has 2 heterocycles. The van der Waals surface area contributed by atoms with Crippen molar-refractivity contribution >= 4 is 23.3 Å².